The monoisotopic (exact) mass is 288 g/mol. The van der Waals surface area contributed by atoms with E-state index < -0.39 is 0 Å². The smallest absolute Gasteiger partial charge is 0.0662 e. The first kappa shape index (κ1) is 12.9. The van der Waals surface area contributed by atoms with Gasteiger partial charge in [0.1, 0.15) is 0 Å². The van der Waals surface area contributed by atoms with Gasteiger partial charge in [0.05, 0.1) is 11.2 Å². The van der Waals surface area contributed by atoms with Crippen molar-refractivity contribution >= 4 is 15.9 Å². The van der Waals surface area contributed by atoms with Crippen LogP contribution in [0.1, 0.15) is 59.8 Å². The van der Waals surface area contributed by atoms with Crippen molar-refractivity contribution in [2.75, 3.05) is 0 Å². The molecule has 1 aliphatic carbocycles. The Hall–Kier alpha value is 0.440. The van der Waals surface area contributed by atoms with Crippen LogP contribution in [-0.2, 0) is 4.74 Å². The molecule has 1 aliphatic heterocycles. The van der Waals surface area contributed by atoms with Gasteiger partial charge in [0.2, 0.25) is 0 Å². The molecule has 94 valence electrons. The van der Waals surface area contributed by atoms with Gasteiger partial charge in [0.15, 0.2) is 0 Å². The molecular formula is C14H25BrO. The molecule has 1 saturated carbocycles. The van der Waals surface area contributed by atoms with Gasteiger partial charge in [-0.05, 0) is 71.6 Å². The Kier molecular flexibility index (Phi) is 3.44. The van der Waals surface area contributed by atoms with Crippen molar-refractivity contribution in [3.8, 4) is 0 Å². The first-order chi connectivity index (χ1) is 7.30. The predicted octanol–water partition coefficient (Wildman–Crippen LogP) is 4.53. The van der Waals surface area contributed by atoms with Crippen LogP contribution in [0.2, 0.25) is 0 Å². The lowest BCUT2D eigenvalue weighted by Crippen LogP contribution is -2.29. The third kappa shape index (κ3) is 3.01. The molecule has 0 bridgehead atoms. The van der Waals surface area contributed by atoms with Crippen LogP contribution in [0.3, 0.4) is 0 Å². The molecule has 1 heterocycles. The van der Waals surface area contributed by atoms with E-state index in [4.69, 9.17) is 4.74 Å². The summed E-state index contributed by atoms with van der Waals surface area (Å²) >= 11 is 3.84. The summed E-state index contributed by atoms with van der Waals surface area (Å²) in [5.41, 5.74) is 0.148. The Bertz CT molecular complexity index is 255. The van der Waals surface area contributed by atoms with Gasteiger partial charge in [-0.3, -0.25) is 0 Å². The highest BCUT2D eigenvalue weighted by atomic mass is 79.9. The van der Waals surface area contributed by atoms with E-state index in [2.05, 4.69) is 43.6 Å². The molecule has 0 aromatic carbocycles. The second kappa shape index (κ2) is 4.28. The van der Waals surface area contributed by atoms with Crippen LogP contribution in [0.15, 0.2) is 0 Å². The molecule has 2 unspecified atom stereocenters. The number of rotatable bonds is 4. The number of hydrogen-bond acceptors (Lipinski definition) is 1. The minimum absolute atomic E-state index is 0.0692. The number of halogens is 1. The molecule has 2 fully saturated rings. The highest BCUT2D eigenvalue weighted by Crippen LogP contribution is 2.46. The van der Waals surface area contributed by atoms with Crippen molar-refractivity contribution in [2.24, 2.45) is 11.8 Å². The third-order valence-corrected chi connectivity index (χ3v) is 5.39. The van der Waals surface area contributed by atoms with Crippen molar-refractivity contribution in [1.82, 2.24) is 0 Å². The summed E-state index contributed by atoms with van der Waals surface area (Å²) in [6.07, 6.45) is 6.71. The van der Waals surface area contributed by atoms with Crippen molar-refractivity contribution < 1.29 is 4.74 Å². The fraction of sp³-hybridized carbons (Fsp3) is 1.00. The van der Waals surface area contributed by atoms with E-state index in [1.165, 1.54) is 32.1 Å². The molecule has 0 N–H and O–H groups in total. The van der Waals surface area contributed by atoms with E-state index in [1.807, 2.05) is 0 Å². The molecule has 0 radical (unpaired) electrons. The first-order valence-electron chi connectivity index (χ1n) is 6.64. The van der Waals surface area contributed by atoms with Gasteiger partial charge in [0.25, 0.3) is 0 Å². The van der Waals surface area contributed by atoms with Crippen molar-refractivity contribution in [3.63, 3.8) is 0 Å². The summed E-state index contributed by atoms with van der Waals surface area (Å²) in [6.45, 7) is 8.96. The fourth-order valence-corrected chi connectivity index (χ4v) is 3.97. The molecule has 2 atom stereocenters. The number of alkyl halides is 1. The standard InChI is InChI=1S/C14H25BrO/c1-13(2)9-11(14(3,4)16-13)7-8-12(15)10-5-6-10/h10-12H,5-9H2,1-4H3. The molecule has 2 rings (SSSR count). The van der Waals surface area contributed by atoms with E-state index in [1.54, 1.807) is 0 Å². The lowest BCUT2D eigenvalue weighted by molar-refractivity contribution is -0.0753. The molecule has 16 heavy (non-hydrogen) atoms. The fourth-order valence-electron chi connectivity index (χ4n) is 3.18. The highest BCUT2D eigenvalue weighted by molar-refractivity contribution is 9.09. The second-order valence-electron chi connectivity index (χ2n) is 6.80. The summed E-state index contributed by atoms with van der Waals surface area (Å²) < 4.78 is 6.14. The molecular weight excluding hydrogens is 264 g/mol. The molecule has 2 aliphatic rings. The predicted molar refractivity (Wildman–Crippen MR) is 72.0 cm³/mol. The van der Waals surface area contributed by atoms with Gasteiger partial charge in [-0.2, -0.15) is 0 Å². The first-order valence-corrected chi connectivity index (χ1v) is 7.56. The summed E-state index contributed by atoms with van der Waals surface area (Å²) in [5, 5.41) is 0. The average molecular weight is 289 g/mol. The summed E-state index contributed by atoms with van der Waals surface area (Å²) in [7, 11) is 0. The normalized spacial score (nSPS) is 33.9. The zero-order chi connectivity index (χ0) is 12.0. The Morgan fingerprint density at radius 3 is 2.31 bits per heavy atom. The van der Waals surface area contributed by atoms with E-state index in [0.29, 0.717) is 0 Å². The number of ether oxygens (including phenoxy) is 1. The van der Waals surface area contributed by atoms with Gasteiger partial charge in [-0.15, -0.1) is 0 Å². The van der Waals surface area contributed by atoms with Gasteiger partial charge in [-0.1, -0.05) is 15.9 Å². The van der Waals surface area contributed by atoms with E-state index in [-0.39, 0.29) is 11.2 Å². The average Bonchev–Trinajstić information content (AvgIpc) is 2.89. The van der Waals surface area contributed by atoms with Crippen LogP contribution in [0.4, 0.5) is 0 Å². The zero-order valence-corrected chi connectivity index (χ0v) is 12.6. The van der Waals surface area contributed by atoms with Gasteiger partial charge >= 0.3 is 0 Å². The van der Waals surface area contributed by atoms with E-state index in [9.17, 15) is 0 Å². The Morgan fingerprint density at radius 1 is 1.25 bits per heavy atom. The van der Waals surface area contributed by atoms with Crippen LogP contribution in [0.25, 0.3) is 0 Å². The van der Waals surface area contributed by atoms with E-state index >= 15 is 0 Å². The molecule has 2 heteroatoms. The molecule has 1 nitrogen and oxygen atoms in total. The summed E-state index contributed by atoms with van der Waals surface area (Å²) in [6, 6.07) is 0. The van der Waals surface area contributed by atoms with Gasteiger partial charge in [-0.25, -0.2) is 0 Å². The molecule has 0 spiro atoms. The van der Waals surface area contributed by atoms with Crippen molar-refractivity contribution in [1.29, 1.82) is 0 Å². The largest absolute Gasteiger partial charge is 0.369 e. The summed E-state index contributed by atoms with van der Waals surface area (Å²) in [5.74, 6) is 1.69. The minimum Gasteiger partial charge on any atom is -0.369 e. The third-order valence-electron chi connectivity index (χ3n) is 4.18. The molecule has 0 aromatic heterocycles. The molecule has 0 amide bonds. The number of hydrogen-bond donors (Lipinski definition) is 0. The highest BCUT2D eigenvalue weighted by Gasteiger charge is 2.45. The van der Waals surface area contributed by atoms with E-state index in [0.717, 1.165) is 16.7 Å². The van der Waals surface area contributed by atoms with Crippen LogP contribution < -0.4 is 0 Å². The quantitative estimate of drug-likeness (QED) is 0.691. The van der Waals surface area contributed by atoms with Crippen molar-refractivity contribution in [2.45, 2.75) is 75.8 Å². The zero-order valence-electron chi connectivity index (χ0n) is 11.1. The Morgan fingerprint density at radius 2 is 1.88 bits per heavy atom. The SMILES string of the molecule is CC1(C)CC(CCC(Br)C2CC2)C(C)(C)O1. The van der Waals surface area contributed by atoms with Crippen molar-refractivity contribution in [3.05, 3.63) is 0 Å². The molecule has 1 saturated heterocycles. The maximum atomic E-state index is 6.14. The maximum Gasteiger partial charge on any atom is 0.0662 e. The minimum atomic E-state index is 0.0692. The summed E-state index contributed by atoms with van der Waals surface area (Å²) in [4.78, 5) is 0.756. The Labute approximate surface area is 108 Å². The van der Waals surface area contributed by atoms with Gasteiger partial charge in [0, 0.05) is 4.83 Å². The van der Waals surface area contributed by atoms with Crippen LogP contribution >= 0.6 is 15.9 Å². The Balaban J connectivity index is 1.84. The maximum absolute atomic E-state index is 6.14. The van der Waals surface area contributed by atoms with Crippen LogP contribution in [0.5, 0.6) is 0 Å². The second-order valence-corrected chi connectivity index (χ2v) is 7.97. The lowest BCUT2D eigenvalue weighted by Gasteiger charge is -2.27. The molecule has 0 aromatic rings. The lowest BCUT2D eigenvalue weighted by atomic mass is 9.83. The topological polar surface area (TPSA) is 9.23 Å². The van der Waals surface area contributed by atoms with Crippen LogP contribution in [0, 0.1) is 11.8 Å². The van der Waals surface area contributed by atoms with Gasteiger partial charge < -0.3 is 4.74 Å². The van der Waals surface area contributed by atoms with Crippen LogP contribution in [-0.4, -0.2) is 16.0 Å².